The molecule has 0 bridgehead atoms. The number of hydrogen-bond donors (Lipinski definition) is 1. The Morgan fingerprint density at radius 1 is 1.17 bits per heavy atom. The van der Waals surface area contributed by atoms with Crippen LogP contribution in [0.15, 0.2) is 63.9 Å². The molecule has 4 aromatic rings. The summed E-state index contributed by atoms with van der Waals surface area (Å²) in [6, 6.07) is 13.9. The third-order valence-corrected chi connectivity index (χ3v) is 4.40. The first-order chi connectivity index (χ1) is 14.4. The molecule has 4 rings (SSSR count). The number of aryl methyl sites for hydroxylation is 2. The number of anilines is 1. The van der Waals surface area contributed by atoms with Gasteiger partial charge < -0.3 is 14.6 Å². The summed E-state index contributed by atoms with van der Waals surface area (Å²) < 4.78 is 26.1. The zero-order chi connectivity index (χ0) is 21.3. The van der Waals surface area contributed by atoms with E-state index in [-0.39, 0.29) is 17.7 Å². The Bertz CT molecular complexity index is 1310. The number of halogens is 1. The highest BCUT2D eigenvalue weighted by Crippen LogP contribution is 2.27. The fourth-order valence-electron chi connectivity index (χ4n) is 3.00. The van der Waals surface area contributed by atoms with Gasteiger partial charge in [0.15, 0.2) is 5.65 Å². The van der Waals surface area contributed by atoms with Crippen LogP contribution in [0, 0.1) is 19.7 Å². The Labute approximate surface area is 170 Å². The number of fused-ring (bicyclic) bond motifs is 1. The Hall–Kier alpha value is -3.94. The quantitative estimate of drug-likeness (QED) is 0.543. The van der Waals surface area contributed by atoms with E-state index in [0.717, 1.165) is 10.1 Å². The summed E-state index contributed by atoms with van der Waals surface area (Å²) in [5.74, 6) is -0.265. The fourth-order valence-corrected chi connectivity index (χ4v) is 3.00. The van der Waals surface area contributed by atoms with Gasteiger partial charge in [0.1, 0.15) is 23.9 Å². The molecule has 2 aromatic heterocycles. The van der Waals surface area contributed by atoms with Crippen LogP contribution in [0.5, 0.6) is 5.75 Å². The maximum absolute atomic E-state index is 13.9. The molecule has 0 radical (unpaired) electrons. The summed E-state index contributed by atoms with van der Waals surface area (Å²) in [5.41, 5.74) is 1.64. The average molecular weight is 407 g/mol. The van der Waals surface area contributed by atoms with E-state index >= 15 is 0 Å². The maximum Gasteiger partial charge on any atom is 0.287 e. The molecular weight excluding hydrogens is 389 g/mol. The lowest BCUT2D eigenvalue weighted by atomic mass is 10.1. The van der Waals surface area contributed by atoms with E-state index in [2.05, 4.69) is 10.3 Å². The standard InChI is InChI=1S/C22H18FN3O4/c1-13-7-8-19(18(9-13)25-22(28)16-5-3-4-6-17(16)23)29-12-15-11-21(27)26-20(24-15)10-14(2)30-26/h3-11H,12H2,1-2H3,(H,25,28). The molecule has 152 valence electrons. The highest BCUT2D eigenvalue weighted by atomic mass is 19.1. The smallest absolute Gasteiger partial charge is 0.287 e. The van der Waals surface area contributed by atoms with Crippen molar-refractivity contribution in [3.05, 3.63) is 93.3 Å². The van der Waals surface area contributed by atoms with E-state index in [0.29, 0.717) is 28.5 Å². The largest absolute Gasteiger partial charge is 0.485 e. The summed E-state index contributed by atoms with van der Waals surface area (Å²) >= 11 is 0. The molecule has 0 aliphatic carbocycles. The first kappa shape index (κ1) is 19.4. The monoisotopic (exact) mass is 407 g/mol. The molecule has 30 heavy (non-hydrogen) atoms. The van der Waals surface area contributed by atoms with Crippen molar-refractivity contribution in [1.29, 1.82) is 0 Å². The van der Waals surface area contributed by atoms with Gasteiger partial charge in [-0.25, -0.2) is 9.37 Å². The number of rotatable bonds is 5. The number of benzene rings is 2. The normalized spacial score (nSPS) is 10.9. The minimum atomic E-state index is -0.612. The minimum Gasteiger partial charge on any atom is -0.485 e. The van der Waals surface area contributed by atoms with Crippen LogP contribution < -0.4 is 15.6 Å². The minimum absolute atomic E-state index is 0.00158. The van der Waals surface area contributed by atoms with Crippen molar-refractivity contribution in [2.24, 2.45) is 0 Å². The van der Waals surface area contributed by atoms with Crippen LogP contribution in [0.2, 0.25) is 0 Å². The molecule has 0 fully saturated rings. The molecular formula is C22H18FN3O4. The van der Waals surface area contributed by atoms with E-state index in [4.69, 9.17) is 9.26 Å². The van der Waals surface area contributed by atoms with Crippen molar-refractivity contribution in [1.82, 2.24) is 9.56 Å². The van der Waals surface area contributed by atoms with Crippen molar-refractivity contribution < 1.29 is 18.4 Å². The molecule has 1 amide bonds. The molecule has 0 saturated carbocycles. The third-order valence-electron chi connectivity index (χ3n) is 4.40. The summed E-state index contributed by atoms with van der Waals surface area (Å²) in [7, 11) is 0. The SMILES string of the molecule is Cc1ccc(OCc2cc(=O)n3oc(C)cc3n2)c(NC(=O)c2ccccc2F)c1. The fraction of sp³-hybridized carbons (Fsp3) is 0.136. The number of aromatic nitrogens is 2. The van der Waals surface area contributed by atoms with Crippen molar-refractivity contribution in [2.45, 2.75) is 20.5 Å². The molecule has 0 unspecified atom stereocenters. The molecule has 0 aliphatic heterocycles. The van der Waals surface area contributed by atoms with Crippen molar-refractivity contribution in [3.8, 4) is 5.75 Å². The summed E-state index contributed by atoms with van der Waals surface area (Å²) in [6.07, 6.45) is 0. The van der Waals surface area contributed by atoms with Gasteiger partial charge in [-0.3, -0.25) is 9.59 Å². The van der Waals surface area contributed by atoms with Crippen LogP contribution in [-0.2, 0) is 6.61 Å². The first-order valence-electron chi connectivity index (χ1n) is 9.19. The number of carbonyl (C=O) groups excluding carboxylic acids is 1. The number of nitrogens with one attached hydrogen (secondary N) is 1. The second-order valence-corrected chi connectivity index (χ2v) is 6.81. The lowest BCUT2D eigenvalue weighted by Crippen LogP contribution is -2.16. The van der Waals surface area contributed by atoms with Crippen LogP contribution in [0.4, 0.5) is 10.1 Å². The molecule has 0 saturated heterocycles. The maximum atomic E-state index is 13.9. The van der Waals surface area contributed by atoms with E-state index in [1.54, 1.807) is 31.2 Å². The van der Waals surface area contributed by atoms with Crippen LogP contribution >= 0.6 is 0 Å². The van der Waals surface area contributed by atoms with Crippen LogP contribution in [0.25, 0.3) is 5.65 Å². The Kier molecular flexibility index (Phi) is 5.05. The molecule has 7 nitrogen and oxygen atoms in total. The van der Waals surface area contributed by atoms with Crippen molar-refractivity contribution in [3.63, 3.8) is 0 Å². The van der Waals surface area contributed by atoms with Gasteiger partial charge in [0, 0.05) is 12.1 Å². The topological polar surface area (TPSA) is 85.8 Å². The van der Waals surface area contributed by atoms with Gasteiger partial charge in [0.05, 0.1) is 16.9 Å². The van der Waals surface area contributed by atoms with Gasteiger partial charge in [-0.05, 0) is 43.7 Å². The number of hydrogen-bond acceptors (Lipinski definition) is 5. The highest BCUT2D eigenvalue weighted by Gasteiger charge is 2.15. The van der Waals surface area contributed by atoms with Crippen molar-refractivity contribution >= 4 is 17.2 Å². The van der Waals surface area contributed by atoms with E-state index in [1.807, 2.05) is 13.0 Å². The van der Waals surface area contributed by atoms with Gasteiger partial charge >= 0.3 is 0 Å². The van der Waals surface area contributed by atoms with Crippen LogP contribution in [0.3, 0.4) is 0 Å². The van der Waals surface area contributed by atoms with E-state index in [9.17, 15) is 14.0 Å². The lowest BCUT2D eigenvalue weighted by molar-refractivity contribution is 0.102. The Morgan fingerprint density at radius 3 is 2.77 bits per heavy atom. The van der Waals surface area contributed by atoms with Crippen LogP contribution in [-0.4, -0.2) is 15.5 Å². The molecule has 0 aliphatic rings. The second kappa shape index (κ2) is 7.82. The molecule has 0 spiro atoms. The Morgan fingerprint density at radius 2 is 1.97 bits per heavy atom. The van der Waals surface area contributed by atoms with E-state index in [1.165, 1.54) is 24.3 Å². The molecule has 2 heterocycles. The van der Waals surface area contributed by atoms with Gasteiger partial charge in [0.25, 0.3) is 11.5 Å². The second-order valence-electron chi connectivity index (χ2n) is 6.81. The highest BCUT2D eigenvalue weighted by molar-refractivity contribution is 6.05. The Balaban J connectivity index is 1.57. The zero-order valence-corrected chi connectivity index (χ0v) is 16.3. The number of amides is 1. The molecule has 1 N–H and O–H groups in total. The lowest BCUT2D eigenvalue weighted by Gasteiger charge is -2.13. The van der Waals surface area contributed by atoms with Gasteiger partial charge in [-0.15, -0.1) is 4.57 Å². The predicted octanol–water partition coefficient (Wildman–Crippen LogP) is 3.87. The molecule has 2 aromatic carbocycles. The van der Waals surface area contributed by atoms with Crippen LogP contribution in [0.1, 0.15) is 27.4 Å². The molecule has 8 heteroatoms. The average Bonchev–Trinajstić information content (AvgIpc) is 3.08. The van der Waals surface area contributed by atoms with E-state index < -0.39 is 11.7 Å². The summed E-state index contributed by atoms with van der Waals surface area (Å²) in [6.45, 7) is 3.59. The van der Waals surface area contributed by atoms with Crippen molar-refractivity contribution in [2.75, 3.05) is 5.32 Å². The predicted molar refractivity (Wildman–Crippen MR) is 108 cm³/mol. The zero-order valence-electron chi connectivity index (χ0n) is 16.3. The number of ether oxygens (including phenoxy) is 1. The third kappa shape index (κ3) is 3.93. The van der Waals surface area contributed by atoms with Gasteiger partial charge in [0.2, 0.25) is 0 Å². The van der Waals surface area contributed by atoms with Gasteiger partial charge in [-0.2, -0.15) is 0 Å². The number of carbonyl (C=O) groups is 1. The summed E-state index contributed by atoms with van der Waals surface area (Å²) in [4.78, 5) is 29.0. The number of nitrogens with zero attached hydrogens (tertiary/aromatic N) is 2. The summed E-state index contributed by atoms with van der Waals surface area (Å²) in [5, 5.41) is 2.68. The van der Waals surface area contributed by atoms with Gasteiger partial charge in [-0.1, -0.05) is 18.2 Å². The molecule has 0 atom stereocenters. The first-order valence-corrected chi connectivity index (χ1v) is 9.19.